The van der Waals surface area contributed by atoms with Gasteiger partial charge in [0.1, 0.15) is 12.0 Å². The molecule has 1 aliphatic carbocycles. The summed E-state index contributed by atoms with van der Waals surface area (Å²) in [5.74, 6) is 0.287. The molecule has 18 heavy (non-hydrogen) atoms. The predicted octanol–water partition coefficient (Wildman–Crippen LogP) is 2.37. The third-order valence-electron chi connectivity index (χ3n) is 2.76. The fraction of sp³-hybridized carbons (Fsp3) is 0.333. The average Bonchev–Trinajstić information content (AvgIpc) is 3.14. The number of nitrogens with one attached hydrogen (secondary N) is 1. The molecule has 2 heterocycles. The summed E-state index contributed by atoms with van der Waals surface area (Å²) in [5.41, 5.74) is 1.37. The number of nitrogens with zero attached hydrogens (tertiary/aromatic N) is 3. The van der Waals surface area contributed by atoms with E-state index in [1.165, 1.54) is 17.7 Å². The maximum absolute atomic E-state index is 12.0. The molecular weight excluding hydrogens is 248 g/mol. The van der Waals surface area contributed by atoms with Crippen LogP contribution in [0.25, 0.3) is 0 Å². The van der Waals surface area contributed by atoms with E-state index in [1.807, 2.05) is 6.92 Å². The van der Waals surface area contributed by atoms with Crippen LogP contribution in [0, 0.1) is 6.92 Å². The van der Waals surface area contributed by atoms with E-state index in [2.05, 4.69) is 20.3 Å². The Hall–Kier alpha value is -1.82. The number of rotatable bonds is 3. The summed E-state index contributed by atoms with van der Waals surface area (Å²) in [6.07, 6.45) is 5.50. The Morgan fingerprint density at radius 1 is 1.39 bits per heavy atom. The number of hydrogen-bond donors (Lipinski definition) is 1. The molecule has 1 N–H and O–H groups in total. The Morgan fingerprint density at radius 2 is 2.22 bits per heavy atom. The van der Waals surface area contributed by atoms with Gasteiger partial charge in [0.2, 0.25) is 0 Å². The van der Waals surface area contributed by atoms with Gasteiger partial charge in [-0.05, 0) is 25.8 Å². The first kappa shape index (κ1) is 11.3. The lowest BCUT2D eigenvalue weighted by atomic mass is 10.2. The minimum atomic E-state index is -0.228. The van der Waals surface area contributed by atoms with Gasteiger partial charge < -0.3 is 0 Å². The van der Waals surface area contributed by atoms with Crippen molar-refractivity contribution < 1.29 is 4.79 Å². The third-order valence-corrected chi connectivity index (χ3v) is 3.59. The zero-order valence-corrected chi connectivity index (χ0v) is 10.7. The highest BCUT2D eigenvalue weighted by Gasteiger charge is 2.26. The number of hydrogen-bond acceptors (Lipinski definition) is 5. The molecular formula is C12H12N4OS. The van der Waals surface area contributed by atoms with Gasteiger partial charge in [-0.25, -0.2) is 15.0 Å². The number of anilines is 1. The molecule has 0 saturated heterocycles. The quantitative estimate of drug-likeness (QED) is 0.920. The van der Waals surface area contributed by atoms with Crippen molar-refractivity contribution >= 4 is 22.4 Å². The number of thiazole rings is 1. The Morgan fingerprint density at radius 3 is 2.89 bits per heavy atom. The van der Waals surface area contributed by atoms with E-state index in [0.717, 1.165) is 23.4 Å². The molecule has 1 aliphatic rings. The molecule has 3 rings (SSSR count). The Kier molecular flexibility index (Phi) is 2.79. The maximum atomic E-state index is 12.0. The van der Waals surface area contributed by atoms with E-state index >= 15 is 0 Å². The molecule has 2 aromatic rings. The molecule has 2 aromatic heterocycles. The smallest absolute Gasteiger partial charge is 0.276 e. The highest BCUT2D eigenvalue weighted by Crippen LogP contribution is 2.38. The molecule has 1 saturated carbocycles. The normalized spacial score (nSPS) is 14.5. The van der Waals surface area contributed by atoms with Gasteiger partial charge in [0.05, 0.1) is 0 Å². The lowest BCUT2D eigenvalue weighted by Crippen LogP contribution is -2.14. The first-order chi connectivity index (χ1) is 8.72. The standard InChI is InChI=1S/C12H12N4OS/c1-7-5-13-12(18-7)16-11(17)10-4-9(8-2-3-8)14-6-15-10/h4-6,8H,2-3H2,1H3,(H,13,16,17). The highest BCUT2D eigenvalue weighted by molar-refractivity contribution is 7.15. The van der Waals surface area contributed by atoms with Gasteiger partial charge in [-0.15, -0.1) is 11.3 Å². The second kappa shape index (κ2) is 4.45. The predicted molar refractivity (Wildman–Crippen MR) is 68.8 cm³/mol. The van der Waals surface area contributed by atoms with Crippen LogP contribution in [0.15, 0.2) is 18.6 Å². The van der Waals surface area contributed by atoms with Crippen LogP contribution in [0.2, 0.25) is 0 Å². The van der Waals surface area contributed by atoms with Gasteiger partial charge in [-0.3, -0.25) is 10.1 Å². The second-order valence-corrected chi connectivity index (χ2v) is 5.57. The Bertz CT molecular complexity index is 591. The SMILES string of the molecule is Cc1cnc(NC(=O)c2cc(C3CC3)ncn2)s1. The van der Waals surface area contributed by atoms with Crippen LogP contribution in [-0.4, -0.2) is 20.9 Å². The highest BCUT2D eigenvalue weighted by atomic mass is 32.1. The second-order valence-electron chi connectivity index (χ2n) is 4.33. The van der Waals surface area contributed by atoms with Crippen molar-refractivity contribution in [2.24, 2.45) is 0 Å². The minimum absolute atomic E-state index is 0.228. The topological polar surface area (TPSA) is 67.8 Å². The van der Waals surface area contributed by atoms with E-state index in [4.69, 9.17) is 0 Å². The van der Waals surface area contributed by atoms with Crippen LogP contribution < -0.4 is 5.32 Å². The van der Waals surface area contributed by atoms with Gasteiger partial charge in [-0.1, -0.05) is 0 Å². The Labute approximate surface area is 108 Å². The summed E-state index contributed by atoms with van der Waals surface area (Å²) in [5, 5.41) is 3.34. The van der Waals surface area contributed by atoms with E-state index in [9.17, 15) is 4.79 Å². The molecule has 0 atom stereocenters. The molecule has 0 aromatic carbocycles. The molecule has 0 unspecified atom stereocenters. The van der Waals surface area contributed by atoms with E-state index in [-0.39, 0.29) is 5.91 Å². The van der Waals surface area contributed by atoms with Crippen LogP contribution in [0.3, 0.4) is 0 Å². The summed E-state index contributed by atoms with van der Waals surface area (Å²) in [7, 11) is 0. The van der Waals surface area contributed by atoms with Crippen LogP contribution in [0.4, 0.5) is 5.13 Å². The van der Waals surface area contributed by atoms with Gasteiger partial charge >= 0.3 is 0 Å². The van der Waals surface area contributed by atoms with Gasteiger partial charge in [-0.2, -0.15) is 0 Å². The third kappa shape index (κ3) is 2.38. The lowest BCUT2D eigenvalue weighted by molar-refractivity contribution is 0.102. The fourth-order valence-corrected chi connectivity index (χ4v) is 2.33. The van der Waals surface area contributed by atoms with Crippen LogP contribution >= 0.6 is 11.3 Å². The van der Waals surface area contributed by atoms with E-state index in [0.29, 0.717) is 16.7 Å². The maximum Gasteiger partial charge on any atom is 0.276 e. The summed E-state index contributed by atoms with van der Waals surface area (Å²) < 4.78 is 0. The van der Waals surface area contributed by atoms with E-state index < -0.39 is 0 Å². The number of carbonyl (C=O) groups is 1. The number of aromatic nitrogens is 3. The Balaban J connectivity index is 1.77. The van der Waals surface area contributed by atoms with Gasteiger partial charge in [0.15, 0.2) is 5.13 Å². The minimum Gasteiger partial charge on any atom is -0.296 e. The van der Waals surface area contributed by atoms with Crippen molar-refractivity contribution in [1.82, 2.24) is 15.0 Å². The number of amides is 1. The van der Waals surface area contributed by atoms with Crippen LogP contribution in [0.5, 0.6) is 0 Å². The van der Waals surface area contributed by atoms with Crippen molar-refractivity contribution in [3.63, 3.8) is 0 Å². The zero-order chi connectivity index (χ0) is 12.5. The summed E-state index contributed by atoms with van der Waals surface area (Å²) in [4.78, 5) is 25.3. The summed E-state index contributed by atoms with van der Waals surface area (Å²) in [6, 6.07) is 1.77. The molecule has 1 fully saturated rings. The summed E-state index contributed by atoms with van der Waals surface area (Å²) in [6.45, 7) is 1.95. The molecule has 6 heteroatoms. The largest absolute Gasteiger partial charge is 0.296 e. The van der Waals surface area contributed by atoms with Crippen molar-refractivity contribution in [2.45, 2.75) is 25.7 Å². The molecule has 0 aliphatic heterocycles. The monoisotopic (exact) mass is 260 g/mol. The van der Waals surface area contributed by atoms with Gasteiger partial charge in [0.25, 0.3) is 5.91 Å². The first-order valence-electron chi connectivity index (χ1n) is 5.78. The molecule has 5 nitrogen and oxygen atoms in total. The fourth-order valence-electron chi connectivity index (χ4n) is 1.67. The molecule has 1 amide bonds. The van der Waals surface area contributed by atoms with Crippen LogP contribution in [-0.2, 0) is 0 Å². The summed E-state index contributed by atoms with van der Waals surface area (Å²) >= 11 is 1.45. The number of carbonyl (C=O) groups excluding carboxylic acids is 1. The van der Waals surface area contributed by atoms with Crippen LogP contribution in [0.1, 0.15) is 39.8 Å². The molecule has 0 spiro atoms. The lowest BCUT2D eigenvalue weighted by Gasteiger charge is -2.02. The average molecular weight is 260 g/mol. The van der Waals surface area contributed by atoms with E-state index in [1.54, 1.807) is 12.3 Å². The van der Waals surface area contributed by atoms with Crippen molar-refractivity contribution in [2.75, 3.05) is 5.32 Å². The molecule has 0 radical (unpaired) electrons. The van der Waals surface area contributed by atoms with Crippen molar-refractivity contribution in [3.8, 4) is 0 Å². The van der Waals surface area contributed by atoms with Gasteiger partial charge in [0, 0.05) is 22.7 Å². The van der Waals surface area contributed by atoms with Crippen molar-refractivity contribution in [1.29, 1.82) is 0 Å². The number of aryl methyl sites for hydroxylation is 1. The van der Waals surface area contributed by atoms with Crippen molar-refractivity contribution in [3.05, 3.63) is 34.9 Å². The molecule has 92 valence electrons. The zero-order valence-electron chi connectivity index (χ0n) is 9.88. The molecule has 0 bridgehead atoms. The first-order valence-corrected chi connectivity index (χ1v) is 6.60.